The van der Waals surface area contributed by atoms with Crippen molar-refractivity contribution in [1.82, 2.24) is 4.90 Å². The van der Waals surface area contributed by atoms with E-state index in [9.17, 15) is 13.6 Å². The second-order valence-electron chi connectivity index (χ2n) is 4.43. The number of benzene rings is 1. The molecule has 1 aromatic carbocycles. The maximum atomic E-state index is 13.0. The van der Waals surface area contributed by atoms with Crippen LogP contribution in [0.25, 0.3) is 0 Å². The maximum Gasteiger partial charge on any atom is 0.176 e. The molecule has 0 heterocycles. The highest BCUT2D eigenvalue weighted by molar-refractivity contribution is 5.97. The van der Waals surface area contributed by atoms with Crippen molar-refractivity contribution in [3.05, 3.63) is 35.4 Å². The van der Waals surface area contributed by atoms with Gasteiger partial charge in [0.2, 0.25) is 0 Å². The van der Waals surface area contributed by atoms with Gasteiger partial charge in [-0.2, -0.15) is 0 Å². The normalized spacial score (nSPS) is 12.8. The first-order valence-corrected chi connectivity index (χ1v) is 5.75. The molecule has 3 nitrogen and oxygen atoms in total. The van der Waals surface area contributed by atoms with E-state index in [0.717, 1.165) is 12.1 Å². The molecule has 0 saturated heterocycles. The number of ketones is 1. The van der Waals surface area contributed by atoms with Crippen LogP contribution in [0.3, 0.4) is 0 Å². The summed E-state index contributed by atoms with van der Waals surface area (Å²) < 4.78 is 25.7. The molecular weight excluding hydrogens is 240 g/mol. The Balaban J connectivity index is 2.56. The van der Waals surface area contributed by atoms with Crippen LogP contribution in [0.5, 0.6) is 0 Å². The smallest absolute Gasteiger partial charge is 0.176 e. The Morgan fingerprint density at radius 3 is 2.61 bits per heavy atom. The molecule has 0 bridgehead atoms. The minimum atomic E-state index is -1.02. The minimum absolute atomic E-state index is 0.109. The van der Waals surface area contributed by atoms with Gasteiger partial charge in [0.1, 0.15) is 0 Å². The summed E-state index contributed by atoms with van der Waals surface area (Å²) in [6, 6.07) is 3.11. The second kappa shape index (κ2) is 6.56. The summed E-state index contributed by atoms with van der Waals surface area (Å²) in [7, 11) is 1.74. The Morgan fingerprint density at radius 2 is 2.06 bits per heavy atom. The topological polar surface area (TPSA) is 40.5 Å². The summed E-state index contributed by atoms with van der Waals surface area (Å²) in [4.78, 5) is 13.5. The standard InChI is InChI=1S/C13H17F2NO2/c1-9(17)5-6-16(2)8-13(18)10-3-4-11(14)12(15)7-10/h3-4,7,9,17H,5-6,8H2,1-2H3. The van der Waals surface area contributed by atoms with Gasteiger partial charge in [-0.3, -0.25) is 9.69 Å². The number of rotatable bonds is 6. The number of hydrogen-bond donors (Lipinski definition) is 1. The summed E-state index contributed by atoms with van der Waals surface area (Å²) in [5.74, 6) is -2.26. The number of hydrogen-bond acceptors (Lipinski definition) is 3. The van der Waals surface area contributed by atoms with Gasteiger partial charge in [0.15, 0.2) is 17.4 Å². The Morgan fingerprint density at radius 1 is 1.39 bits per heavy atom. The Hall–Kier alpha value is -1.33. The third-order valence-electron chi connectivity index (χ3n) is 2.58. The van der Waals surface area contributed by atoms with Gasteiger partial charge in [-0.25, -0.2) is 8.78 Å². The summed E-state index contributed by atoms with van der Waals surface area (Å²) in [6.07, 6.45) is 0.132. The van der Waals surface area contributed by atoms with E-state index < -0.39 is 17.7 Å². The van der Waals surface area contributed by atoms with E-state index in [0.29, 0.717) is 13.0 Å². The third-order valence-corrected chi connectivity index (χ3v) is 2.58. The summed E-state index contributed by atoms with van der Waals surface area (Å²) >= 11 is 0. The summed E-state index contributed by atoms with van der Waals surface area (Å²) in [5.41, 5.74) is 0.151. The van der Waals surface area contributed by atoms with E-state index in [1.165, 1.54) is 6.07 Å². The van der Waals surface area contributed by atoms with Gasteiger partial charge in [-0.05, 0) is 38.6 Å². The number of carbonyl (C=O) groups excluding carboxylic acids is 1. The van der Waals surface area contributed by atoms with Crippen LogP contribution in [0, 0.1) is 11.6 Å². The second-order valence-corrected chi connectivity index (χ2v) is 4.43. The van der Waals surface area contributed by atoms with Gasteiger partial charge < -0.3 is 5.11 Å². The highest BCUT2D eigenvalue weighted by atomic mass is 19.2. The SMILES string of the molecule is CC(O)CCN(C)CC(=O)c1ccc(F)c(F)c1. The lowest BCUT2D eigenvalue weighted by Crippen LogP contribution is -2.28. The number of halogens is 2. The molecule has 1 N–H and O–H groups in total. The third kappa shape index (κ3) is 4.50. The van der Waals surface area contributed by atoms with Crippen molar-refractivity contribution in [2.75, 3.05) is 20.1 Å². The maximum absolute atomic E-state index is 13.0. The van der Waals surface area contributed by atoms with Crippen LogP contribution in [0.4, 0.5) is 8.78 Å². The molecule has 1 aromatic rings. The molecule has 100 valence electrons. The molecule has 0 aliphatic rings. The fourth-order valence-electron chi connectivity index (χ4n) is 1.49. The quantitative estimate of drug-likeness (QED) is 0.791. The average molecular weight is 257 g/mol. The predicted octanol–water partition coefficient (Wildman–Crippen LogP) is 1.85. The lowest BCUT2D eigenvalue weighted by atomic mass is 10.1. The average Bonchev–Trinajstić information content (AvgIpc) is 2.30. The molecule has 1 unspecified atom stereocenters. The van der Waals surface area contributed by atoms with Crippen LogP contribution in [-0.4, -0.2) is 42.0 Å². The fraction of sp³-hybridized carbons (Fsp3) is 0.462. The van der Waals surface area contributed by atoms with Gasteiger partial charge in [0.25, 0.3) is 0 Å². The molecule has 1 rings (SSSR count). The van der Waals surface area contributed by atoms with Gasteiger partial charge in [0.05, 0.1) is 12.6 Å². The summed E-state index contributed by atoms with van der Waals surface area (Å²) in [5, 5.41) is 9.12. The van der Waals surface area contributed by atoms with Gasteiger partial charge in [-0.15, -0.1) is 0 Å². The molecular formula is C13H17F2NO2. The molecule has 0 aromatic heterocycles. The van der Waals surface area contributed by atoms with Crippen molar-refractivity contribution >= 4 is 5.78 Å². The molecule has 0 fully saturated rings. The zero-order valence-electron chi connectivity index (χ0n) is 10.5. The lowest BCUT2D eigenvalue weighted by molar-refractivity contribution is 0.0931. The van der Waals surface area contributed by atoms with E-state index >= 15 is 0 Å². The number of nitrogens with zero attached hydrogens (tertiary/aromatic N) is 1. The van der Waals surface area contributed by atoms with Crippen molar-refractivity contribution in [1.29, 1.82) is 0 Å². The highest BCUT2D eigenvalue weighted by Crippen LogP contribution is 2.09. The Kier molecular flexibility index (Phi) is 5.37. The minimum Gasteiger partial charge on any atom is -0.393 e. The van der Waals surface area contributed by atoms with E-state index in [2.05, 4.69) is 0 Å². The zero-order chi connectivity index (χ0) is 13.7. The van der Waals surface area contributed by atoms with Crippen molar-refractivity contribution in [3.8, 4) is 0 Å². The van der Waals surface area contributed by atoms with E-state index in [1.807, 2.05) is 0 Å². The Bertz CT molecular complexity index is 421. The monoisotopic (exact) mass is 257 g/mol. The van der Waals surface area contributed by atoms with E-state index in [-0.39, 0.29) is 17.9 Å². The van der Waals surface area contributed by atoms with Crippen molar-refractivity contribution < 1.29 is 18.7 Å². The molecule has 18 heavy (non-hydrogen) atoms. The predicted molar refractivity (Wildman–Crippen MR) is 64.5 cm³/mol. The first-order valence-electron chi connectivity index (χ1n) is 5.75. The van der Waals surface area contributed by atoms with Crippen LogP contribution in [-0.2, 0) is 0 Å². The number of likely N-dealkylation sites (N-methyl/N-ethyl adjacent to an activating group) is 1. The van der Waals surface area contributed by atoms with Crippen molar-refractivity contribution in [2.24, 2.45) is 0 Å². The van der Waals surface area contributed by atoms with Crippen LogP contribution in [0.15, 0.2) is 18.2 Å². The van der Waals surface area contributed by atoms with Crippen LogP contribution in [0.2, 0.25) is 0 Å². The molecule has 0 spiro atoms. The molecule has 1 atom stereocenters. The summed E-state index contributed by atoms with van der Waals surface area (Å²) in [6.45, 7) is 2.34. The number of carbonyl (C=O) groups is 1. The van der Waals surface area contributed by atoms with Gasteiger partial charge in [-0.1, -0.05) is 0 Å². The number of Topliss-reactive ketones (excluding diaryl/α,β-unsaturated/α-hetero) is 1. The molecule has 0 amide bonds. The molecule has 0 saturated carbocycles. The molecule has 0 radical (unpaired) electrons. The zero-order valence-corrected chi connectivity index (χ0v) is 10.5. The largest absolute Gasteiger partial charge is 0.393 e. The van der Waals surface area contributed by atoms with Crippen LogP contribution in [0.1, 0.15) is 23.7 Å². The van der Waals surface area contributed by atoms with E-state index in [4.69, 9.17) is 5.11 Å². The van der Waals surface area contributed by atoms with Crippen molar-refractivity contribution in [3.63, 3.8) is 0 Å². The molecule has 0 aliphatic carbocycles. The van der Waals surface area contributed by atoms with Crippen LogP contribution < -0.4 is 0 Å². The Labute approximate surface area is 105 Å². The van der Waals surface area contributed by atoms with Gasteiger partial charge >= 0.3 is 0 Å². The first-order chi connectivity index (χ1) is 8.40. The van der Waals surface area contributed by atoms with Gasteiger partial charge in [0, 0.05) is 12.1 Å². The molecule has 0 aliphatic heterocycles. The van der Waals surface area contributed by atoms with Crippen LogP contribution >= 0.6 is 0 Å². The molecule has 5 heteroatoms. The van der Waals surface area contributed by atoms with Crippen molar-refractivity contribution in [2.45, 2.75) is 19.4 Å². The highest BCUT2D eigenvalue weighted by Gasteiger charge is 2.12. The first kappa shape index (κ1) is 14.7. The lowest BCUT2D eigenvalue weighted by Gasteiger charge is -2.16. The number of aliphatic hydroxyl groups is 1. The fourth-order valence-corrected chi connectivity index (χ4v) is 1.49. The number of aliphatic hydroxyl groups excluding tert-OH is 1. The van der Waals surface area contributed by atoms with E-state index in [1.54, 1.807) is 18.9 Å².